The second kappa shape index (κ2) is 9.00. The van der Waals surface area contributed by atoms with Crippen LogP contribution >= 0.6 is 10.0 Å². The van der Waals surface area contributed by atoms with E-state index in [0.29, 0.717) is 31.0 Å². The van der Waals surface area contributed by atoms with Crippen LogP contribution in [0, 0.1) is 0 Å². The zero-order valence-corrected chi connectivity index (χ0v) is 14.6. The molecule has 0 spiro atoms. The van der Waals surface area contributed by atoms with Crippen LogP contribution in [0.5, 0.6) is 5.75 Å². The molecule has 5 nitrogen and oxygen atoms in total. The number of hydrogen-bond acceptors (Lipinski definition) is 5. The van der Waals surface area contributed by atoms with Crippen molar-refractivity contribution in [3.8, 4) is 5.75 Å². The van der Waals surface area contributed by atoms with Gasteiger partial charge < -0.3 is 18.7 Å². The van der Waals surface area contributed by atoms with Crippen LogP contribution in [-0.2, 0) is 9.53 Å². The Kier molecular flexibility index (Phi) is 7.68. The van der Waals surface area contributed by atoms with Gasteiger partial charge in [-0.05, 0) is 25.2 Å². The maximum absolute atomic E-state index is 11.6. The third-order valence-corrected chi connectivity index (χ3v) is 4.51. The molecule has 0 fully saturated rings. The first kappa shape index (κ1) is 18.8. The number of aldehydes is 1. The molecule has 0 saturated heterocycles. The van der Waals surface area contributed by atoms with Crippen LogP contribution in [0.4, 0.5) is 0 Å². The fraction of sp³-hybridized carbons (Fsp3) is 0.625. The summed E-state index contributed by atoms with van der Waals surface area (Å²) in [6.45, 7) is 2.66. The molecule has 0 aliphatic carbocycles. The first-order chi connectivity index (χ1) is 10.3. The Balaban J connectivity index is 2.51. The standard InChI is InChI=1S/C16H26O5S/c1-13(6-5-7-17)15-10-14(11-16(18)21-15)20-12-19-8-9-22(2,3)4/h7,10-11,13H,5-6,8-9,12H2,1-4H3. The minimum atomic E-state index is -0.577. The molecule has 6 heteroatoms. The van der Waals surface area contributed by atoms with Gasteiger partial charge in [0.1, 0.15) is 17.8 Å². The fourth-order valence-electron chi connectivity index (χ4n) is 1.74. The van der Waals surface area contributed by atoms with Gasteiger partial charge in [0, 0.05) is 24.2 Å². The summed E-state index contributed by atoms with van der Waals surface area (Å²) in [6.07, 6.45) is 8.63. The van der Waals surface area contributed by atoms with Gasteiger partial charge in [-0.1, -0.05) is 6.92 Å². The first-order valence-corrected chi connectivity index (χ1v) is 10.3. The molecule has 0 aliphatic heterocycles. The highest BCUT2D eigenvalue weighted by molar-refractivity contribution is 8.32. The van der Waals surface area contributed by atoms with E-state index in [9.17, 15) is 9.59 Å². The Hall–Kier alpha value is -1.27. The lowest BCUT2D eigenvalue weighted by Crippen LogP contribution is -2.12. The zero-order chi connectivity index (χ0) is 16.6. The number of hydrogen-bond donors (Lipinski definition) is 0. The molecule has 1 heterocycles. The molecule has 0 radical (unpaired) electrons. The quantitative estimate of drug-likeness (QED) is 0.375. The molecular formula is C16H26O5S. The summed E-state index contributed by atoms with van der Waals surface area (Å²) >= 11 is 0. The van der Waals surface area contributed by atoms with Gasteiger partial charge >= 0.3 is 5.63 Å². The monoisotopic (exact) mass is 330 g/mol. The van der Waals surface area contributed by atoms with Crippen molar-refractivity contribution in [3.63, 3.8) is 0 Å². The summed E-state index contributed by atoms with van der Waals surface area (Å²) in [4.78, 5) is 22.0. The van der Waals surface area contributed by atoms with Gasteiger partial charge in [-0.3, -0.25) is 0 Å². The van der Waals surface area contributed by atoms with Gasteiger partial charge in [0.25, 0.3) is 0 Å². The third kappa shape index (κ3) is 7.66. The first-order valence-electron chi connectivity index (χ1n) is 7.27. The summed E-state index contributed by atoms with van der Waals surface area (Å²) in [6, 6.07) is 2.99. The summed E-state index contributed by atoms with van der Waals surface area (Å²) in [5.74, 6) is 1.98. The second-order valence-electron chi connectivity index (χ2n) is 6.12. The van der Waals surface area contributed by atoms with Crippen molar-refractivity contribution >= 4 is 16.3 Å². The summed E-state index contributed by atoms with van der Waals surface area (Å²) in [5, 5.41) is 0. The number of carbonyl (C=O) groups excluding carboxylic acids is 1. The van der Waals surface area contributed by atoms with Crippen molar-refractivity contribution in [2.24, 2.45) is 0 Å². The van der Waals surface area contributed by atoms with Crippen molar-refractivity contribution in [1.82, 2.24) is 0 Å². The van der Waals surface area contributed by atoms with Gasteiger partial charge in [-0.2, -0.15) is 0 Å². The van der Waals surface area contributed by atoms with E-state index in [2.05, 4.69) is 18.8 Å². The molecule has 1 aromatic heterocycles. The van der Waals surface area contributed by atoms with Crippen molar-refractivity contribution in [2.75, 3.05) is 37.9 Å². The van der Waals surface area contributed by atoms with Crippen molar-refractivity contribution in [1.29, 1.82) is 0 Å². The Labute approximate surface area is 133 Å². The average Bonchev–Trinajstić information content (AvgIpc) is 2.42. The van der Waals surface area contributed by atoms with Crippen LogP contribution in [0.15, 0.2) is 21.3 Å². The van der Waals surface area contributed by atoms with Gasteiger partial charge in [-0.15, -0.1) is 0 Å². The molecular weight excluding hydrogens is 304 g/mol. The predicted octanol–water partition coefficient (Wildman–Crippen LogP) is 2.77. The zero-order valence-electron chi connectivity index (χ0n) is 13.8. The predicted molar refractivity (Wildman–Crippen MR) is 90.4 cm³/mol. The van der Waals surface area contributed by atoms with E-state index in [1.165, 1.54) is 6.07 Å². The highest BCUT2D eigenvalue weighted by Crippen LogP contribution is 2.33. The van der Waals surface area contributed by atoms with Gasteiger partial charge in [0.15, 0.2) is 6.79 Å². The molecule has 0 bridgehead atoms. The topological polar surface area (TPSA) is 65.7 Å². The van der Waals surface area contributed by atoms with Crippen LogP contribution in [0.1, 0.15) is 31.4 Å². The lowest BCUT2D eigenvalue weighted by molar-refractivity contribution is -0.108. The highest BCUT2D eigenvalue weighted by Gasteiger charge is 2.11. The second-order valence-corrected chi connectivity index (χ2v) is 10.7. The van der Waals surface area contributed by atoms with Gasteiger partial charge in [0.05, 0.1) is 12.7 Å². The van der Waals surface area contributed by atoms with Crippen molar-refractivity contribution < 1.29 is 18.7 Å². The minimum absolute atomic E-state index is 0.00754. The number of rotatable bonds is 10. The van der Waals surface area contributed by atoms with E-state index >= 15 is 0 Å². The lowest BCUT2D eigenvalue weighted by atomic mass is 10.0. The van der Waals surface area contributed by atoms with E-state index in [-0.39, 0.29) is 12.7 Å². The Morgan fingerprint density at radius 2 is 2.05 bits per heavy atom. The largest absolute Gasteiger partial charge is 0.467 e. The van der Waals surface area contributed by atoms with Crippen LogP contribution in [-0.4, -0.2) is 44.2 Å². The Morgan fingerprint density at radius 1 is 1.32 bits per heavy atom. The number of carbonyl (C=O) groups is 1. The summed E-state index contributed by atoms with van der Waals surface area (Å²) in [7, 11) is -0.577. The molecule has 1 rings (SSSR count). The lowest BCUT2D eigenvalue weighted by Gasteiger charge is -2.24. The normalized spacial score (nSPS) is 13.6. The molecule has 22 heavy (non-hydrogen) atoms. The minimum Gasteiger partial charge on any atom is -0.467 e. The van der Waals surface area contributed by atoms with Crippen LogP contribution < -0.4 is 10.4 Å². The number of ether oxygens (including phenoxy) is 2. The third-order valence-electron chi connectivity index (χ3n) is 3.12. The maximum atomic E-state index is 11.6. The van der Waals surface area contributed by atoms with E-state index < -0.39 is 15.7 Å². The molecule has 126 valence electrons. The van der Waals surface area contributed by atoms with Gasteiger partial charge in [-0.25, -0.2) is 14.8 Å². The van der Waals surface area contributed by atoms with E-state index in [4.69, 9.17) is 13.9 Å². The molecule has 0 N–H and O–H groups in total. The summed E-state index contributed by atoms with van der Waals surface area (Å²) in [5.41, 5.74) is -0.454. The Bertz CT molecular complexity index is 518. The fourth-order valence-corrected chi connectivity index (χ4v) is 2.36. The maximum Gasteiger partial charge on any atom is 0.339 e. The Morgan fingerprint density at radius 3 is 2.68 bits per heavy atom. The SMILES string of the molecule is CC(CCC=O)c1cc(OCOCCS(C)(C)C)cc(=O)o1. The average molecular weight is 330 g/mol. The van der Waals surface area contributed by atoms with Crippen molar-refractivity contribution in [2.45, 2.75) is 25.7 Å². The molecule has 0 amide bonds. The van der Waals surface area contributed by atoms with E-state index in [1.807, 2.05) is 6.92 Å². The molecule has 1 atom stereocenters. The van der Waals surface area contributed by atoms with Crippen molar-refractivity contribution in [3.05, 3.63) is 28.3 Å². The highest BCUT2D eigenvalue weighted by atomic mass is 32.3. The van der Waals surface area contributed by atoms with Gasteiger partial charge in [0.2, 0.25) is 0 Å². The molecule has 0 aromatic carbocycles. The van der Waals surface area contributed by atoms with Crippen LogP contribution in [0.3, 0.4) is 0 Å². The molecule has 0 aliphatic rings. The van der Waals surface area contributed by atoms with Crippen LogP contribution in [0.25, 0.3) is 0 Å². The molecule has 1 unspecified atom stereocenters. The molecule has 1 aromatic rings. The molecule has 0 saturated carbocycles. The summed E-state index contributed by atoms with van der Waals surface area (Å²) < 4.78 is 16.1. The van der Waals surface area contributed by atoms with Crippen LogP contribution in [0.2, 0.25) is 0 Å². The van der Waals surface area contributed by atoms with E-state index in [0.717, 1.165) is 12.0 Å². The van der Waals surface area contributed by atoms with E-state index in [1.54, 1.807) is 6.07 Å². The smallest absolute Gasteiger partial charge is 0.339 e.